The second kappa shape index (κ2) is 7.36. The molecule has 2 fully saturated rings. The van der Waals surface area contributed by atoms with E-state index in [1.54, 1.807) is 4.90 Å². The summed E-state index contributed by atoms with van der Waals surface area (Å²) in [6.45, 7) is 4.00. The molecule has 2 amide bonds. The zero-order valence-electron chi connectivity index (χ0n) is 15.0. The van der Waals surface area contributed by atoms with Gasteiger partial charge in [-0.3, -0.25) is 9.59 Å². The molecule has 2 aliphatic heterocycles. The molecule has 8 heteroatoms. The van der Waals surface area contributed by atoms with Crippen molar-refractivity contribution in [2.45, 2.75) is 32.0 Å². The van der Waals surface area contributed by atoms with Crippen LogP contribution in [0.2, 0.25) is 0 Å². The van der Waals surface area contributed by atoms with Gasteiger partial charge >= 0.3 is 0 Å². The van der Waals surface area contributed by atoms with Crippen molar-refractivity contribution in [3.05, 3.63) is 35.9 Å². The van der Waals surface area contributed by atoms with E-state index in [9.17, 15) is 18.0 Å². The minimum Gasteiger partial charge on any atom is -0.356 e. The van der Waals surface area contributed by atoms with Crippen molar-refractivity contribution < 1.29 is 22.7 Å². The number of hydrogen-bond donors (Lipinski definition) is 0. The van der Waals surface area contributed by atoms with Crippen molar-refractivity contribution >= 4 is 21.7 Å². The van der Waals surface area contributed by atoms with Gasteiger partial charge in [-0.2, -0.15) is 0 Å². The molecule has 2 saturated heterocycles. The number of ether oxygens (including phenoxy) is 1. The van der Waals surface area contributed by atoms with Crippen molar-refractivity contribution in [2.24, 2.45) is 0 Å². The lowest BCUT2D eigenvalue weighted by Crippen LogP contribution is -2.58. The highest BCUT2D eigenvalue weighted by atomic mass is 32.2. The molecular formula is C18H24N2O5S. The van der Waals surface area contributed by atoms with Crippen LogP contribution in [0.3, 0.4) is 0 Å². The summed E-state index contributed by atoms with van der Waals surface area (Å²) in [7, 11) is -3.08. The quantitative estimate of drug-likeness (QED) is 0.768. The number of amides is 2. The van der Waals surface area contributed by atoms with Crippen molar-refractivity contribution in [1.29, 1.82) is 0 Å². The standard InChI is InChI=1S/C18H24N2O5S/c1-13(2)20-15(21)12-25-17(16(20)14-6-4-3-5-7-14)18(22)19-8-10-26(23,24)11-9-19/h3-7,13,16-17H,8-12H2,1-2H3/t16-,17+/m1/s1. The average molecular weight is 380 g/mol. The highest BCUT2D eigenvalue weighted by Gasteiger charge is 2.44. The summed E-state index contributed by atoms with van der Waals surface area (Å²) in [4.78, 5) is 28.8. The molecule has 0 aromatic heterocycles. The van der Waals surface area contributed by atoms with Crippen LogP contribution in [0, 0.1) is 0 Å². The Bertz CT molecular complexity index is 764. The van der Waals surface area contributed by atoms with Crippen LogP contribution in [0.15, 0.2) is 30.3 Å². The Labute approximate surface area is 153 Å². The average Bonchev–Trinajstić information content (AvgIpc) is 2.61. The number of benzene rings is 1. The van der Waals surface area contributed by atoms with Gasteiger partial charge in [0.1, 0.15) is 6.61 Å². The molecule has 0 spiro atoms. The van der Waals surface area contributed by atoms with Crippen molar-refractivity contribution in [3.63, 3.8) is 0 Å². The number of rotatable bonds is 3. The van der Waals surface area contributed by atoms with Crippen molar-refractivity contribution in [1.82, 2.24) is 9.80 Å². The molecule has 7 nitrogen and oxygen atoms in total. The molecule has 2 atom stereocenters. The minimum absolute atomic E-state index is 0.0334. The van der Waals surface area contributed by atoms with Crippen LogP contribution >= 0.6 is 0 Å². The zero-order chi connectivity index (χ0) is 18.9. The number of carbonyl (C=O) groups excluding carboxylic acids is 2. The minimum atomic E-state index is -3.08. The van der Waals surface area contributed by atoms with E-state index >= 15 is 0 Å². The van der Waals surface area contributed by atoms with Gasteiger partial charge < -0.3 is 14.5 Å². The number of sulfone groups is 1. The van der Waals surface area contributed by atoms with Gasteiger partial charge in [0.2, 0.25) is 5.91 Å². The summed E-state index contributed by atoms with van der Waals surface area (Å²) in [5, 5.41) is 0. The van der Waals surface area contributed by atoms with E-state index in [-0.39, 0.29) is 49.1 Å². The lowest BCUT2D eigenvalue weighted by molar-refractivity contribution is -0.171. The first-order valence-electron chi connectivity index (χ1n) is 8.77. The van der Waals surface area contributed by atoms with Crippen molar-refractivity contribution in [2.75, 3.05) is 31.2 Å². The maximum atomic E-state index is 13.1. The third kappa shape index (κ3) is 3.76. The van der Waals surface area contributed by atoms with E-state index in [1.165, 1.54) is 4.90 Å². The molecule has 26 heavy (non-hydrogen) atoms. The predicted molar refractivity (Wildman–Crippen MR) is 96.1 cm³/mol. The van der Waals surface area contributed by atoms with E-state index in [4.69, 9.17) is 4.74 Å². The molecule has 0 N–H and O–H groups in total. The number of nitrogens with zero attached hydrogens (tertiary/aromatic N) is 2. The molecular weight excluding hydrogens is 356 g/mol. The molecule has 2 aliphatic rings. The van der Waals surface area contributed by atoms with Crippen LogP contribution in [0.25, 0.3) is 0 Å². The van der Waals surface area contributed by atoms with Gasteiger partial charge in [0.25, 0.3) is 5.91 Å². The molecule has 2 heterocycles. The Kier molecular flexibility index (Phi) is 5.34. The van der Waals surface area contributed by atoms with Crippen LogP contribution in [-0.2, 0) is 24.2 Å². The highest BCUT2D eigenvalue weighted by molar-refractivity contribution is 7.91. The van der Waals surface area contributed by atoms with E-state index in [2.05, 4.69) is 0 Å². The first kappa shape index (κ1) is 18.8. The fourth-order valence-electron chi connectivity index (χ4n) is 3.54. The zero-order valence-corrected chi connectivity index (χ0v) is 15.8. The largest absolute Gasteiger partial charge is 0.356 e. The Balaban J connectivity index is 1.90. The maximum Gasteiger partial charge on any atom is 0.254 e. The number of carbonyl (C=O) groups is 2. The van der Waals surface area contributed by atoms with Gasteiger partial charge in [-0.1, -0.05) is 30.3 Å². The molecule has 0 bridgehead atoms. The van der Waals surface area contributed by atoms with E-state index < -0.39 is 22.0 Å². The third-order valence-corrected chi connectivity index (χ3v) is 6.47. The summed E-state index contributed by atoms with van der Waals surface area (Å²) in [6, 6.07) is 8.74. The Morgan fingerprint density at radius 2 is 1.77 bits per heavy atom. The summed E-state index contributed by atoms with van der Waals surface area (Å²) in [6.07, 6.45) is -0.835. The lowest BCUT2D eigenvalue weighted by atomic mass is 9.95. The van der Waals surface area contributed by atoms with E-state index in [0.29, 0.717) is 0 Å². The van der Waals surface area contributed by atoms with Crippen LogP contribution in [-0.4, -0.2) is 73.4 Å². The second-order valence-electron chi connectivity index (χ2n) is 6.96. The van der Waals surface area contributed by atoms with Gasteiger partial charge in [0.05, 0.1) is 17.5 Å². The van der Waals surface area contributed by atoms with Crippen molar-refractivity contribution in [3.8, 4) is 0 Å². The van der Waals surface area contributed by atoms with Crippen LogP contribution in [0.5, 0.6) is 0 Å². The summed E-state index contributed by atoms with van der Waals surface area (Å²) >= 11 is 0. The molecule has 3 rings (SSSR count). The summed E-state index contributed by atoms with van der Waals surface area (Å²) in [5.41, 5.74) is 0.831. The lowest BCUT2D eigenvalue weighted by Gasteiger charge is -2.44. The molecule has 1 aromatic rings. The van der Waals surface area contributed by atoms with Crippen LogP contribution in [0.1, 0.15) is 25.5 Å². The van der Waals surface area contributed by atoms with Gasteiger partial charge in [-0.15, -0.1) is 0 Å². The Hall–Kier alpha value is -1.93. The summed E-state index contributed by atoms with van der Waals surface area (Å²) < 4.78 is 29.0. The summed E-state index contributed by atoms with van der Waals surface area (Å²) in [5.74, 6) is -0.478. The van der Waals surface area contributed by atoms with Crippen LogP contribution < -0.4 is 0 Å². The number of morpholine rings is 1. The van der Waals surface area contributed by atoms with Crippen LogP contribution in [0.4, 0.5) is 0 Å². The monoisotopic (exact) mass is 380 g/mol. The Morgan fingerprint density at radius 1 is 1.15 bits per heavy atom. The molecule has 0 unspecified atom stereocenters. The molecule has 1 aromatic carbocycles. The second-order valence-corrected chi connectivity index (χ2v) is 9.26. The van der Waals surface area contributed by atoms with E-state index in [1.807, 2.05) is 44.2 Å². The fraction of sp³-hybridized carbons (Fsp3) is 0.556. The SMILES string of the molecule is CC(C)N1C(=O)CO[C@H](C(=O)N2CCS(=O)(=O)CC2)[C@H]1c1ccccc1. The van der Waals surface area contributed by atoms with Gasteiger partial charge in [-0.05, 0) is 19.4 Å². The first-order valence-corrected chi connectivity index (χ1v) is 10.6. The third-order valence-electron chi connectivity index (χ3n) is 4.86. The highest BCUT2D eigenvalue weighted by Crippen LogP contribution is 2.33. The first-order chi connectivity index (χ1) is 12.3. The number of hydrogen-bond acceptors (Lipinski definition) is 5. The van der Waals surface area contributed by atoms with Gasteiger partial charge in [-0.25, -0.2) is 8.42 Å². The smallest absolute Gasteiger partial charge is 0.254 e. The topological polar surface area (TPSA) is 84.0 Å². The normalized spacial score (nSPS) is 26.2. The predicted octanol–water partition coefficient (Wildman–Crippen LogP) is 0.621. The van der Waals surface area contributed by atoms with E-state index in [0.717, 1.165) is 5.56 Å². The molecule has 0 saturated carbocycles. The maximum absolute atomic E-state index is 13.1. The molecule has 0 radical (unpaired) electrons. The molecule has 142 valence electrons. The fourth-order valence-corrected chi connectivity index (χ4v) is 4.74. The van der Waals surface area contributed by atoms with Gasteiger partial charge in [0.15, 0.2) is 15.9 Å². The van der Waals surface area contributed by atoms with Gasteiger partial charge in [0, 0.05) is 19.1 Å². The Morgan fingerprint density at radius 3 is 2.35 bits per heavy atom. The molecule has 0 aliphatic carbocycles.